The van der Waals surface area contributed by atoms with E-state index in [4.69, 9.17) is 4.98 Å². The highest BCUT2D eigenvalue weighted by molar-refractivity contribution is 7.21. The van der Waals surface area contributed by atoms with E-state index in [1.54, 1.807) is 12.1 Å². The predicted octanol–water partition coefficient (Wildman–Crippen LogP) is 5.27. The van der Waals surface area contributed by atoms with Crippen LogP contribution in [0.1, 0.15) is 36.1 Å². The number of benzene rings is 2. The Kier molecular flexibility index (Phi) is 6.39. The van der Waals surface area contributed by atoms with Gasteiger partial charge in [-0.15, -0.1) is 0 Å². The lowest BCUT2D eigenvalue weighted by atomic mass is 9.92. The first-order valence-corrected chi connectivity index (χ1v) is 12.3. The molecule has 1 aliphatic carbocycles. The van der Waals surface area contributed by atoms with Crippen LogP contribution in [0.3, 0.4) is 0 Å². The number of nitrogens with zero attached hydrogens (tertiary/aromatic N) is 2. The molecule has 0 spiro atoms. The Bertz CT molecular complexity index is 1320. The van der Waals surface area contributed by atoms with Crippen LogP contribution in [0.4, 0.5) is 4.39 Å². The lowest BCUT2D eigenvalue weighted by Crippen LogP contribution is -2.21. The van der Waals surface area contributed by atoms with Gasteiger partial charge >= 0.3 is 5.97 Å². The van der Waals surface area contributed by atoms with E-state index in [9.17, 15) is 9.18 Å². The molecule has 2 heterocycles. The Morgan fingerprint density at radius 2 is 1.91 bits per heavy atom. The molecule has 4 aromatic rings. The molecule has 5 nitrogen and oxygen atoms in total. The minimum atomic E-state index is -0.283. The molecule has 0 amide bonds. The summed E-state index contributed by atoms with van der Waals surface area (Å²) in [7, 11) is 1.38. The molecule has 0 unspecified atom stereocenters. The van der Waals surface area contributed by atoms with Crippen molar-refractivity contribution in [1.29, 1.82) is 0 Å². The summed E-state index contributed by atoms with van der Waals surface area (Å²) in [6, 6.07) is 19.9. The first kappa shape index (κ1) is 22.6. The maximum atomic E-state index is 15.0. The van der Waals surface area contributed by atoms with Crippen LogP contribution in [0.5, 0.6) is 0 Å². The van der Waals surface area contributed by atoms with Crippen molar-refractivity contribution in [3.05, 3.63) is 83.3 Å². The fourth-order valence-corrected chi connectivity index (χ4v) is 5.28. The van der Waals surface area contributed by atoms with Crippen LogP contribution >= 0.6 is 11.3 Å². The third-order valence-electron chi connectivity index (χ3n) is 6.41. The fraction of sp³-hybridized carbons (Fsp3) is 0.296. The van der Waals surface area contributed by atoms with Gasteiger partial charge in [-0.2, -0.15) is 0 Å². The molecule has 0 radical (unpaired) electrons. The van der Waals surface area contributed by atoms with E-state index in [-0.39, 0.29) is 17.2 Å². The monoisotopic (exact) mass is 475 g/mol. The molecule has 7 heteroatoms. The highest BCUT2D eigenvalue weighted by Crippen LogP contribution is 2.53. The molecule has 1 saturated carbocycles. The lowest BCUT2D eigenvalue weighted by Gasteiger charge is -2.14. The largest absolute Gasteiger partial charge is 0.469 e. The number of ether oxygens (including phenoxy) is 1. The summed E-state index contributed by atoms with van der Waals surface area (Å²) in [5.41, 5.74) is 4.55. The number of hydrogen-bond donors (Lipinski definition) is 1. The van der Waals surface area contributed by atoms with E-state index in [1.165, 1.54) is 24.0 Å². The molecule has 1 fully saturated rings. The van der Waals surface area contributed by atoms with Crippen LogP contribution in [0.2, 0.25) is 0 Å². The van der Waals surface area contributed by atoms with Crippen molar-refractivity contribution in [2.45, 2.75) is 31.1 Å². The molecule has 2 aromatic heterocycles. The summed E-state index contributed by atoms with van der Waals surface area (Å²) >= 11 is 1.43. The number of methoxy groups -OCH3 is 1. The molecule has 1 aliphatic rings. The minimum absolute atomic E-state index is 0.00259. The molecule has 0 atom stereocenters. The van der Waals surface area contributed by atoms with E-state index < -0.39 is 0 Å². The van der Waals surface area contributed by atoms with Gasteiger partial charge < -0.3 is 10.1 Å². The normalized spacial score (nSPS) is 14.3. The number of carbonyl (C=O) groups is 1. The second-order valence-electron chi connectivity index (χ2n) is 8.63. The van der Waals surface area contributed by atoms with E-state index >= 15 is 0 Å². The molecule has 0 saturated heterocycles. The van der Waals surface area contributed by atoms with Gasteiger partial charge in [0, 0.05) is 17.5 Å². The maximum absolute atomic E-state index is 15.0. The van der Waals surface area contributed by atoms with Crippen LogP contribution in [0.15, 0.2) is 60.7 Å². The van der Waals surface area contributed by atoms with E-state index in [0.29, 0.717) is 36.5 Å². The Morgan fingerprint density at radius 1 is 1.09 bits per heavy atom. The summed E-state index contributed by atoms with van der Waals surface area (Å²) < 4.78 is 19.6. The SMILES string of the molecule is COC(=O)CCNCCc1ccc(-c2nc3ccc(C4(c5ccccc5)CC4)nc3s2)c(F)c1. The van der Waals surface area contributed by atoms with Crippen molar-refractivity contribution in [2.75, 3.05) is 20.2 Å². The van der Waals surface area contributed by atoms with Crippen molar-refractivity contribution in [2.24, 2.45) is 0 Å². The third-order valence-corrected chi connectivity index (χ3v) is 7.41. The number of aromatic nitrogens is 2. The van der Waals surface area contributed by atoms with Gasteiger partial charge in [0.25, 0.3) is 0 Å². The van der Waals surface area contributed by atoms with Gasteiger partial charge in [0.05, 0.1) is 19.2 Å². The topological polar surface area (TPSA) is 64.1 Å². The zero-order valence-corrected chi connectivity index (χ0v) is 19.8. The number of esters is 1. The smallest absolute Gasteiger partial charge is 0.306 e. The van der Waals surface area contributed by atoms with Gasteiger partial charge in [0.15, 0.2) is 0 Å². The second-order valence-corrected chi connectivity index (χ2v) is 9.61. The molecular weight excluding hydrogens is 449 g/mol. The molecule has 34 heavy (non-hydrogen) atoms. The van der Waals surface area contributed by atoms with Crippen molar-refractivity contribution >= 4 is 27.7 Å². The third kappa shape index (κ3) is 4.58. The van der Waals surface area contributed by atoms with E-state index in [1.807, 2.05) is 18.2 Å². The summed E-state index contributed by atoms with van der Waals surface area (Å²) in [4.78, 5) is 21.6. The number of halogens is 1. The standard InChI is InChI=1S/C27H26FN3O2S/c1-33-24(32)12-16-29-15-11-18-7-8-20(21(28)17-18)25-30-22-9-10-23(31-26(22)34-25)27(13-14-27)19-5-3-2-4-6-19/h2-10,17,29H,11-16H2,1H3. The molecular formula is C27H26FN3O2S. The van der Waals surface area contributed by atoms with Gasteiger partial charge in [0.1, 0.15) is 21.2 Å². The first-order chi connectivity index (χ1) is 16.6. The maximum Gasteiger partial charge on any atom is 0.306 e. The molecule has 174 valence electrons. The van der Waals surface area contributed by atoms with Gasteiger partial charge in [-0.25, -0.2) is 14.4 Å². The van der Waals surface area contributed by atoms with E-state index in [0.717, 1.165) is 34.4 Å². The highest BCUT2D eigenvalue weighted by Gasteiger charge is 2.47. The highest BCUT2D eigenvalue weighted by atomic mass is 32.1. The summed E-state index contributed by atoms with van der Waals surface area (Å²) in [5.74, 6) is -0.526. The second kappa shape index (κ2) is 9.60. The predicted molar refractivity (Wildman–Crippen MR) is 132 cm³/mol. The lowest BCUT2D eigenvalue weighted by molar-refractivity contribution is -0.140. The van der Waals surface area contributed by atoms with Crippen LogP contribution < -0.4 is 5.32 Å². The van der Waals surface area contributed by atoms with Gasteiger partial charge in [0.2, 0.25) is 0 Å². The molecule has 0 bridgehead atoms. The van der Waals surface area contributed by atoms with E-state index in [2.05, 4.69) is 45.4 Å². The molecule has 1 N–H and O–H groups in total. The average molecular weight is 476 g/mol. The Hall–Kier alpha value is -3.16. The van der Waals surface area contributed by atoms with Crippen LogP contribution in [0.25, 0.3) is 20.9 Å². The number of hydrogen-bond acceptors (Lipinski definition) is 6. The number of pyridine rings is 1. The van der Waals surface area contributed by atoms with Crippen LogP contribution in [0, 0.1) is 5.82 Å². The Morgan fingerprint density at radius 3 is 2.65 bits per heavy atom. The van der Waals surface area contributed by atoms with Gasteiger partial charge in [-0.05, 0) is 61.2 Å². The van der Waals surface area contributed by atoms with Crippen LogP contribution in [-0.4, -0.2) is 36.1 Å². The number of nitrogens with one attached hydrogen (secondary N) is 1. The van der Waals surface area contributed by atoms with Gasteiger partial charge in [-0.3, -0.25) is 4.79 Å². The zero-order chi connectivity index (χ0) is 23.5. The quantitative estimate of drug-likeness (QED) is 0.264. The number of carbonyl (C=O) groups excluding carboxylic acids is 1. The zero-order valence-electron chi connectivity index (χ0n) is 19.0. The van der Waals surface area contributed by atoms with Crippen molar-refractivity contribution in [1.82, 2.24) is 15.3 Å². The minimum Gasteiger partial charge on any atom is -0.469 e. The summed E-state index contributed by atoms with van der Waals surface area (Å²) in [6.07, 6.45) is 3.18. The molecule has 5 rings (SSSR count). The van der Waals surface area contributed by atoms with Crippen molar-refractivity contribution < 1.29 is 13.9 Å². The van der Waals surface area contributed by atoms with Crippen molar-refractivity contribution in [3.63, 3.8) is 0 Å². The number of thiazole rings is 1. The summed E-state index contributed by atoms with van der Waals surface area (Å²) in [5, 5.41) is 3.82. The number of rotatable bonds is 9. The average Bonchev–Trinajstić information content (AvgIpc) is 3.57. The number of fused-ring (bicyclic) bond motifs is 1. The Labute approximate surface area is 202 Å². The Balaban J connectivity index is 1.30. The fourth-order valence-electron chi connectivity index (χ4n) is 4.31. The van der Waals surface area contributed by atoms with Gasteiger partial charge in [-0.1, -0.05) is 47.7 Å². The molecule has 2 aromatic carbocycles. The summed E-state index contributed by atoms with van der Waals surface area (Å²) in [6.45, 7) is 1.20. The molecule has 0 aliphatic heterocycles. The van der Waals surface area contributed by atoms with Crippen molar-refractivity contribution in [3.8, 4) is 10.6 Å². The van der Waals surface area contributed by atoms with Crippen LogP contribution in [-0.2, 0) is 21.4 Å². The first-order valence-electron chi connectivity index (χ1n) is 11.5.